The van der Waals surface area contributed by atoms with Crippen molar-refractivity contribution >= 4 is 0 Å². The van der Waals surface area contributed by atoms with Gasteiger partial charge in [-0.15, -0.1) is 0 Å². The molecule has 0 aliphatic carbocycles. The molecule has 1 heterocycles. The second kappa shape index (κ2) is 5.07. The van der Waals surface area contributed by atoms with Crippen LogP contribution in [0.3, 0.4) is 0 Å². The number of aliphatic hydroxyl groups excluding tert-OH is 2. The first kappa shape index (κ1) is 11.9. The van der Waals surface area contributed by atoms with Gasteiger partial charge in [0.15, 0.2) is 6.29 Å². The van der Waals surface area contributed by atoms with E-state index >= 15 is 0 Å². The van der Waals surface area contributed by atoms with Crippen molar-refractivity contribution in [2.24, 2.45) is 5.92 Å². The van der Waals surface area contributed by atoms with Gasteiger partial charge in [0.25, 0.3) is 0 Å². The quantitative estimate of drug-likeness (QED) is 0.703. The van der Waals surface area contributed by atoms with Gasteiger partial charge < -0.3 is 19.7 Å². The maximum atomic E-state index is 9.79. The Labute approximate surface area is 84.8 Å². The van der Waals surface area contributed by atoms with Crippen molar-refractivity contribution in [1.82, 2.24) is 0 Å². The van der Waals surface area contributed by atoms with Gasteiger partial charge in [-0.1, -0.05) is 6.92 Å². The summed E-state index contributed by atoms with van der Waals surface area (Å²) in [5.74, 6) is -0.138. The van der Waals surface area contributed by atoms with Gasteiger partial charge in [-0.05, 0) is 20.3 Å². The second-order valence-electron chi connectivity index (χ2n) is 3.72. The molecule has 0 aromatic rings. The first-order valence-electron chi connectivity index (χ1n) is 5.25. The standard InChI is InChI=1S/C10H20O4/c1-4-7-9(12)8(11)6(3)14-10(7)13-5-2/h6-12H,4-5H2,1-3H3. The van der Waals surface area contributed by atoms with Crippen LogP contribution in [0.25, 0.3) is 0 Å². The molecule has 5 unspecified atom stereocenters. The first-order chi connectivity index (χ1) is 6.61. The third-order valence-electron chi connectivity index (χ3n) is 2.77. The largest absolute Gasteiger partial charge is 0.390 e. The Bertz CT molecular complexity index is 174. The normalized spacial score (nSPS) is 43.9. The Morgan fingerprint density at radius 1 is 1.21 bits per heavy atom. The molecule has 0 aromatic heterocycles. The first-order valence-corrected chi connectivity index (χ1v) is 5.25. The number of rotatable bonds is 3. The number of aliphatic hydroxyl groups is 2. The average Bonchev–Trinajstić information content (AvgIpc) is 2.16. The van der Waals surface area contributed by atoms with E-state index in [1.807, 2.05) is 13.8 Å². The summed E-state index contributed by atoms with van der Waals surface area (Å²) in [5.41, 5.74) is 0. The molecule has 1 fully saturated rings. The monoisotopic (exact) mass is 204 g/mol. The molecule has 1 rings (SSSR count). The van der Waals surface area contributed by atoms with Crippen LogP contribution in [0.15, 0.2) is 0 Å². The van der Waals surface area contributed by atoms with E-state index in [0.717, 1.165) is 6.42 Å². The van der Waals surface area contributed by atoms with E-state index < -0.39 is 18.5 Å². The predicted molar refractivity (Wildman–Crippen MR) is 51.8 cm³/mol. The highest BCUT2D eigenvalue weighted by Crippen LogP contribution is 2.28. The van der Waals surface area contributed by atoms with E-state index in [9.17, 15) is 10.2 Å². The zero-order chi connectivity index (χ0) is 10.7. The van der Waals surface area contributed by atoms with Crippen molar-refractivity contribution in [2.75, 3.05) is 6.61 Å². The van der Waals surface area contributed by atoms with Gasteiger partial charge in [0.1, 0.15) is 6.10 Å². The number of ether oxygens (including phenoxy) is 2. The Hall–Kier alpha value is -0.160. The van der Waals surface area contributed by atoms with Crippen LogP contribution in [0, 0.1) is 5.92 Å². The number of hydrogen-bond donors (Lipinski definition) is 2. The van der Waals surface area contributed by atoms with Crippen LogP contribution in [-0.2, 0) is 9.47 Å². The van der Waals surface area contributed by atoms with Gasteiger partial charge in [-0.3, -0.25) is 0 Å². The van der Waals surface area contributed by atoms with Gasteiger partial charge in [0.2, 0.25) is 0 Å². The molecule has 4 heteroatoms. The molecule has 1 saturated heterocycles. The SMILES string of the molecule is CCOC1OC(C)C(O)C(O)C1CC. The molecule has 4 nitrogen and oxygen atoms in total. The maximum Gasteiger partial charge on any atom is 0.163 e. The molecule has 2 N–H and O–H groups in total. The van der Waals surface area contributed by atoms with Crippen molar-refractivity contribution in [1.29, 1.82) is 0 Å². The highest BCUT2D eigenvalue weighted by molar-refractivity contribution is 4.86. The molecule has 1 aliphatic heterocycles. The summed E-state index contributed by atoms with van der Waals surface area (Å²) >= 11 is 0. The second-order valence-corrected chi connectivity index (χ2v) is 3.72. The van der Waals surface area contributed by atoms with E-state index in [1.165, 1.54) is 0 Å². The lowest BCUT2D eigenvalue weighted by molar-refractivity contribution is -0.275. The van der Waals surface area contributed by atoms with E-state index in [1.54, 1.807) is 6.92 Å². The summed E-state index contributed by atoms with van der Waals surface area (Å²) in [6, 6.07) is 0. The molecule has 5 atom stereocenters. The summed E-state index contributed by atoms with van der Waals surface area (Å²) in [4.78, 5) is 0. The molecule has 84 valence electrons. The van der Waals surface area contributed by atoms with Crippen molar-refractivity contribution in [2.45, 2.75) is 51.8 Å². The molecule has 1 aliphatic rings. The van der Waals surface area contributed by atoms with Crippen molar-refractivity contribution in [3.05, 3.63) is 0 Å². The van der Waals surface area contributed by atoms with Crippen LogP contribution in [0.1, 0.15) is 27.2 Å². The Morgan fingerprint density at radius 3 is 2.36 bits per heavy atom. The fraction of sp³-hybridized carbons (Fsp3) is 1.00. The van der Waals surface area contributed by atoms with Crippen molar-refractivity contribution in [3.8, 4) is 0 Å². The highest BCUT2D eigenvalue weighted by atomic mass is 16.7. The van der Waals surface area contributed by atoms with E-state index in [2.05, 4.69) is 0 Å². The summed E-state index contributed by atoms with van der Waals surface area (Å²) < 4.78 is 10.9. The minimum atomic E-state index is -0.809. The third-order valence-corrected chi connectivity index (χ3v) is 2.77. The smallest absolute Gasteiger partial charge is 0.163 e. The fourth-order valence-electron chi connectivity index (χ4n) is 1.85. The zero-order valence-electron chi connectivity index (χ0n) is 9.01. The topological polar surface area (TPSA) is 58.9 Å². The molecule has 0 aromatic carbocycles. The number of hydrogen-bond acceptors (Lipinski definition) is 4. The van der Waals surface area contributed by atoms with Crippen LogP contribution in [0.2, 0.25) is 0 Å². The van der Waals surface area contributed by atoms with Crippen LogP contribution >= 0.6 is 0 Å². The minimum Gasteiger partial charge on any atom is -0.390 e. The summed E-state index contributed by atoms with van der Waals surface area (Å²) in [5, 5.41) is 19.4. The lowest BCUT2D eigenvalue weighted by atomic mass is 9.89. The zero-order valence-corrected chi connectivity index (χ0v) is 9.01. The van der Waals surface area contributed by atoms with Crippen molar-refractivity contribution < 1.29 is 19.7 Å². The van der Waals surface area contributed by atoms with E-state index in [0.29, 0.717) is 6.61 Å². The molecule has 0 amide bonds. The Kier molecular flexibility index (Phi) is 4.31. The average molecular weight is 204 g/mol. The van der Waals surface area contributed by atoms with Gasteiger partial charge in [-0.2, -0.15) is 0 Å². The lowest BCUT2D eigenvalue weighted by Crippen LogP contribution is -2.53. The summed E-state index contributed by atoms with van der Waals surface area (Å²) in [7, 11) is 0. The third kappa shape index (κ3) is 2.25. The lowest BCUT2D eigenvalue weighted by Gasteiger charge is -2.41. The van der Waals surface area contributed by atoms with Gasteiger partial charge >= 0.3 is 0 Å². The maximum absolute atomic E-state index is 9.79. The molecular formula is C10H20O4. The van der Waals surface area contributed by atoms with Crippen molar-refractivity contribution in [3.63, 3.8) is 0 Å². The van der Waals surface area contributed by atoms with Crippen LogP contribution in [-0.4, -0.2) is 41.4 Å². The van der Waals surface area contributed by atoms with Crippen LogP contribution < -0.4 is 0 Å². The van der Waals surface area contributed by atoms with E-state index in [-0.39, 0.29) is 12.0 Å². The molecule has 0 saturated carbocycles. The molecular weight excluding hydrogens is 184 g/mol. The van der Waals surface area contributed by atoms with Crippen LogP contribution in [0.5, 0.6) is 0 Å². The highest BCUT2D eigenvalue weighted by Gasteiger charge is 2.41. The van der Waals surface area contributed by atoms with Gasteiger partial charge in [0.05, 0.1) is 12.2 Å². The predicted octanol–water partition coefficient (Wildman–Crippen LogP) is 0.516. The fourth-order valence-corrected chi connectivity index (χ4v) is 1.85. The van der Waals surface area contributed by atoms with Gasteiger partial charge in [0, 0.05) is 12.5 Å². The van der Waals surface area contributed by atoms with Crippen LogP contribution in [0.4, 0.5) is 0 Å². The molecule has 0 spiro atoms. The molecule has 0 bridgehead atoms. The molecule has 0 radical (unpaired) electrons. The summed E-state index contributed by atoms with van der Waals surface area (Å²) in [6.07, 6.45) is -1.59. The van der Waals surface area contributed by atoms with Gasteiger partial charge in [-0.25, -0.2) is 0 Å². The van der Waals surface area contributed by atoms with E-state index in [4.69, 9.17) is 9.47 Å². The Morgan fingerprint density at radius 2 is 1.86 bits per heavy atom. The molecule has 14 heavy (non-hydrogen) atoms. The Balaban J connectivity index is 2.66. The summed E-state index contributed by atoms with van der Waals surface area (Å²) in [6.45, 7) is 6.13. The minimum absolute atomic E-state index is 0.138.